The predicted molar refractivity (Wildman–Crippen MR) is 70.9 cm³/mol. The molecular weight excluding hydrogens is 339 g/mol. The third-order valence-electron chi connectivity index (χ3n) is 2.61. The third kappa shape index (κ3) is 4.42. The first-order valence-electron chi connectivity index (χ1n) is 6.26. The van der Waals surface area contributed by atoms with Crippen molar-refractivity contribution < 1.29 is 30.8 Å². The van der Waals surface area contributed by atoms with E-state index in [1.807, 2.05) is 0 Å². The first-order valence-corrected chi connectivity index (χ1v) is 7.74. The maximum Gasteiger partial charge on any atom is 0.573 e. The van der Waals surface area contributed by atoms with Gasteiger partial charge in [-0.05, 0) is 26.0 Å². The van der Waals surface area contributed by atoms with Crippen LogP contribution in [0.4, 0.5) is 13.2 Å². The second-order valence-corrected chi connectivity index (χ2v) is 6.20. The Kier molecular flexibility index (Phi) is 4.61. The van der Waals surface area contributed by atoms with Crippen molar-refractivity contribution in [1.29, 1.82) is 0 Å². The lowest BCUT2D eigenvalue weighted by atomic mass is 10.3. The van der Waals surface area contributed by atoms with Crippen molar-refractivity contribution in [2.45, 2.75) is 31.1 Å². The van der Waals surface area contributed by atoms with E-state index in [1.54, 1.807) is 6.92 Å². The van der Waals surface area contributed by atoms with Gasteiger partial charge in [-0.3, -0.25) is 0 Å². The van der Waals surface area contributed by atoms with E-state index in [-0.39, 0.29) is 5.89 Å². The molecule has 0 spiro atoms. The minimum Gasteiger partial charge on any atom is -0.404 e. The normalized spacial score (nSPS) is 13.8. The fourth-order valence-electron chi connectivity index (χ4n) is 1.72. The lowest BCUT2D eigenvalue weighted by Crippen LogP contribution is -2.28. The second-order valence-electron chi connectivity index (χ2n) is 4.52. The van der Waals surface area contributed by atoms with E-state index in [9.17, 15) is 21.6 Å². The molecule has 1 N–H and O–H groups in total. The Balaban J connectivity index is 2.29. The van der Waals surface area contributed by atoms with Gasteiger partial charge in [0.05, 0.1) is 6.04 Å². The molecule has 126 valence electrons. The van der Waals surface area contributed by atoms with Crippen LogP contribution in [-0.2, 0) is 10.0 Å². The molecule has 0 radical (unpaired) electrons. The molecule has 1 heterocycles. The number of ether oxygens (including phenoxy) is 1. The van der Waals surface area contributed by atoms with Crippen molar-refractivity contribution in [1.82, 2.24) is 14.9 Å². The standard InChI is InChI=1S/C12H12F3N3O4S/c1-7(11-16-8(2)17-22-11)18-23(19,20)10-6-4-3-5-9(10)21-12(13,14)15/h3-7,18H,1-2H3. The molecule has 0 fully saturated rings. The molecule has 0 aliphatic heterocycles. The van der Waals surface area contributed by atoms with Crippen molar-refractivity contribution in [2.24, 2.45) is 0 Å². The largest absolute Gasteiger partial charge is 0.573 e. The van der Waals surface area contributed by atoms with Crippen molar-refractivity contribution in [3.05, 3.63) is 36.0 Å². The van der Waals surface area contributed by atoms with Crippen LogP contribution in [0.15, 0.2) is 33.7 Å². The van der Waals surface area contributed by atoms with Crippen LogP contribution in [0.3, 0.4) is 0 Å². The highest BCUT2D eigenvalue weighted by molar-refractivity contribution is 7.89. The first-order chi connectivity index (χ1) is 10.6. The number of hydrogen-bond donors (Lipinski definition) is 1. The molecule has 1 aromatic heterocycles. The van der Waals surface area contributed by atoms with Crippen LogP contribution in [0.1, 0.15) is 24.7 Å². The SMILES string of the molecule is Cc1noc(C(C)NS(=O)(=O)c2ccccc2OC(F)(F)F)n1. The van der Waals surface area contributed by atoms with E-state index in [1.165, 1.54) is 19.1 Å². The molecule has 0 aliphatic carbocycles. The molecule has 0 aliphatic rings. The number of sulfonamides is 1. The van der Waals surface area contributed by atoms with Gasteiger partial charge in [-0.25, -0.2) is 8.42 Å². The van der Waals surface area contributed by atoms with E-state index >= 15 is 0 Å². The van der Waals surface area contributed by atoms with Crippen molar-refractivity contribution in [2.75, 3.05) is 0 Å². The lowest BCUT2D eigenvalue weighted by molar-refractivity contribution is -0.275. The van der Waals surface area contributed by atoms with Gasteiger partial charge in [0.25, 0.3) is 0 Å². The topological polar surface area (TPSA) is 94.3 Å². The summed E-state index contributed by atoms with van der Waals surface area (Å²) < 4.78 is 72.4. The smallest absolute Gasteiger partial charge is 0.404 e. The summed E-state index contributed by atoms with van der Waals surface area (Å²) in [6, 6.07) is 3.48. The highest BCUT2D eigenvalue weighted by Crippen LogP contribution is 2.30. The van der Waals surface area contributed by atoms with Crippen LogP contribution in [0.5, 0.6) is 5.75 Å². The zero-order valence-electron chi connectivity index (χ0n) is 12.0. The summed E-state index contributed by atoms with van der Waals surface area (Å²) in [5.74, 6) is -0.548. The number of nitrogens with zero attached hydrogens (tertiary/aromatic N) is 2. The van der Waals surface area contributed by atoms with E-state index in [4.69, 9.17) is 4.52 Å². The number of rotatable bonds is 5. The minimum atomic E-state index is -5.01. The fraction of sp³-hybridized carbons (Fsp3) is 0.333. The van der Waals surface area contributed by atoms with Crippen LogP contribution in [0.2, 0.25) is 0 Å². The van der Waals surface area contributed by atoms with Crippen LogP contribution in [-0.4, -0.2) is 24.9 Å². The summed E-state index contributed by atoms with van der Waals surface area (Å²) in [6.45, 7) is 2.96. The summed E-state index contributed by atoms with van der Waals surface area (Å²) in [4.78, 5) is 3.20. The number of aromatic nitrogens is 2. The number of halogens is 3. The number of aryl methyl sites for hydroxylation is 1. The van der Waals surface area contributed by atoms with Crippen LogP contribution >= 0.6 is 0 Å². The predicted octanol–water partition coefficient (Wildman–Crippen LogP) is 2.32. The highest BCUT2D eigenvalue weighted by Gasteiger charge is 2.34. The molecule has 2 aromatic rings. The molecule has 0 amide bonds. The zero-order valence-corrected chi connectivity index (χ0v) is 12.8. The Morgan fingerprint density at radius 3 is 2.52 bits per heavy atom. The van der Waals surface area contributed by atoms with E-state index in [0.29, 0.717) is 5.82 Å². The number of nitrogens with one attached hydrogen (secondary N) is 1. The summed E-state index contributed by atoms with van der Waals surface area (Å²) in [7, 11) is -4.30. The van der Waals surface area contributed by atoms with Gasteiger partial charge >= 0.3 is 6.36 Å². The van der Waals surface area contributed by atoms with Crippen molar-refractivity contribution >= 4 is 10.0 Å². The summed E-state index contributed by atoms with van der Waals surface area (Å²) in [5.41, 5.74) is 0. The quantitative estimate of drug-likeness (QED) is 0.888. The van der Waals surface area contributed by atoms with Gasteiger partial charge in [0, 0.05) is 0 Å². The van der Waals surface area contributed by atoms with E-state index < -0.39 is 33.1 Å². The monoisotopic (exact) mass is 351 g/mol. The molecule has 1 unspecified atom stereocenters. The van der Waals surface area contributed by atoms with Gasteiger partial charge in [0.1, 0.15) is 10.6 Å². The summed E-state index contributed by atoms with van der Waals surface area (Å²) >= 11 is 0. The Bertz CT molecular complexity index is 789. The molecule has 0 bridgehead atoms. The summed E-state index contributed by atoms with van der Waals surface area (Å²) in [6.07, 6.45) is -5.01. The molecule has 0 saturated heterocycles. The summed E-state index contributed by atoms with van der Waals surface area (Å²) in [5, 5.41) is 3.51. The highest BCUT2D eigenvalue weighted by atomic mass is 32.2. The Labute approximate surface area is 129 Å². The Morgan fingerprint density at radius 2 is 1.96 bits per heavy atom. The molecule has 0 saturated carbocycles. The minimum absolute atomic E-state index is 0.0136. The number of benzene rings is 1. The molecule has 7 nitrogen and oxygen atoms in total. The maximum absolute atomic E-state index is 12.4. The van der Waals surface area contributed by atoms with Gasteiger partial charge in [0.15, 0.2) is 5.82 Å². The van der Waals surface area contributed by atoms with E-state index in [0.717, 1.165) is 12.1 Å². The van der Waals surface area contributed by atoms with Crippen molar-refractivity contribution in [3.63, 3.8) is 0 Å². The average Bonchev–Trinajstić information content (AvgIpc) is 2.83. The molecule has 2 rings (SSSR count). The zero-order chi connectivity index (χ0) is 17.3. The van der Waals surface area contributed by atoms with Gasteiger partial charge in [-0.2, -0.15) is 9.71 Å². The maximum atomic E-state index is 12.4. The Hall–Kier alpha value is -2.14. The third-order valence-corrected chi connectivity index (χ3v) is 4.19. The van der Waals surface area contributed by atoms with Gasteiger partial charge in [-0.1, -0.05) is 17.3 Å². The average molecular weight is 351 g/mol. The van der Waals surface area contributed by atoms with Crippen LogP contribution in [0, 0.1) is 6.92 Å². The van der Waals surface area contributed by atoms with Crippen LogP contribution < -0.4 is 9.46 Å². The number of hydrogen-bond acceptors (Lipinski definition) is 6. The van der Waals surface area contributed by atoms with Gasteiger partial charge in [0.2, 0.25) is 15.9 Å². The molecule has 1 atom stereocenters. The lowest BCUT2D eigenvalue weighted by Gasteiger charge is -2.15. The fourth-order valence-corrected chi connectivity index (χ4v) is 3.04. The van der Waals surface area contributed by atoms with Gasteiger partial charge in [-0.15, -0.1) is 13.2 Å². The first kappa shape index (κ1) is 17.2. The van der Waals surface area contributed by atoms with Crippen LogP contribution in [0.25, 0.3) is 0 Å². The Morgan fingerprint density at radius 1 is 1.30 bits per heavy atom. The van der Waals surface area contributed by atoms with E-state index in [2.05, 4.69) is 19.6 Å². The molecule has 11 heteroatoms. The van der Waals surface area contributed by atoms with Gasteiger partial charge < -0.3 is 9.26 Å². The second kappa shape index (κ2) is 6.16. The van der Waals surface area contributed by atoms with Crippen molar-refractivity contribution in [3.8, 4) is 5.75 Å². The number of para-hydroxylation sites is 1. The number of alkyl halides is 3. The molecular formula is C12H12F3N3O4S. The molecule has 1 aromatic carbocycles. The molecule has 23 heavy (non-hydrogen) atoms.